The molecule has 1 aliphatic heterocycles. The van der Waals surface area contributed by atoms with E-state index in [4.69, 9.17) is 9.84 Å². The molecule has 0 bridgehead atoms. The third-order valence-electron chi connectivity index (χ3n) is 3.83. The molecule has 0 fully saturated rings. The van der Waals surface area contributed by atoms with Crippen molar-refractivity contribution in [2.45, 2.75) is 19.1 Å². The maximum Gasteiger partial charge on any atom is 0.307 e. The summed E-state index contributed by atoms with van der Waals surface area (Å²) in [6.07, 6.45) is -0.623. The summed E-state index contributed by atoms with van der Waals surface area (Å²) in [6, 6.07) is 14.0. The lowest BCUT2D eigenvalue weighted by molar-refractivity contribution is -0.384. The average Bonchev–Trinajstić information content (AvgIpc) is 2.54. The molecule has 1 N–H and O–H groups in total. The van der Waals surface area contributed by atoms with Gasteiger partial charge < -0.3 is 14.7 Å². The van der Waals surface area contributed by atoms with Gasteiger partial charge in [0.05, 0.1) is 23.6 Å². The Balaban J connectivity index is 1.94. The van der Waals surface area contributed by atoms with Crippen molar-refractivity contribution in [1.82, 2.24) is 0 Å². The second-order valence-corrected chi connectivity index (χ2v) is 5.61. The van der Waals surface area contributed by atoms with Crippen LogP contribution in [0.1, 0.15) is 12.0 Å². The van der Waals surface area contributed by atoms with Gasteiger partial charge in [-0.25, -0.2) is 0 Å². The van der Waals surface area contributed by atoms with Crippen LogP contribution in [0.2, 0.25) is 0 Å². The van der Waals surface area contributed by atoms with Crippen molar-refractivity contribution >= 4 is 17.3 Å². The highest BCUT2D eigenvalue weighted by Crippen LogP contribution is 2.37. The SMILES string of the molecule is O=C(O)CC1CN(Cc2ccccc2)c2cc([N+](=O)[O-])ccc2O1. The minimum absolute atomic E-state index is 0.0212. The van der Waals surface area contributed by atoms with Crippen molar-refractivity contribution in [3.8, 4) is 5.75 Å². The first-order chi connectivity index (χ1) is 11.5. The smallest absolute Gasteiger partial charge is 0.307 e. The lowest BCUT2D eigenvalue weighted by Gasteiger charge is -2.35. The molecule has 2 aromatic carbocycles. The Kier molecular flexibility index (Phi) is 4.33. The Labute approximate surface area is 138 Å². The molecule has 7 heteroatoms. The van der Waals surface area contributed by atoms with Crippen LogP contribution in [0.25, 0.3) is 0 Å². The number of fused-ring (bicyclic) bond motifs is 1. The van der Waals surface area contributed by atoms with Gasteiger partial charge in [0, 0.05) is 18.7 Å². The lowest BCUT2D eigenvalue weighted by atomic mass is 10.1. The van der Waals surface area contributed by atoms with E-state index in [0.29, 0.717) is 24.5 Å². The van der Waals surface area contributed by atoms with Crippen LogP contribution < -0.4 is 9.64 Å². The molecule has 0 amide bonds. The number of carboxylic acids is 1. The molecule has 124 valence electrons. The van der Waals surface area contributed by atoms with Crippen LogP contribution in [0.15, 0.2) is 48.5 Å². The fourth-order valence-corrected chi connectivity index (χ4v) is 2.78. The zero-order chi connectivity index (χ0) is 17.1. The van der Waals surface area contributed by atoms with Crippen LogP contribution in [0.4, 0.5) is 11.4 Å². The minimum atomic E-state index is -0.940. The van der Waals surface area contributed by atoms with E-state index in [1.807, 2.05) is 35.2 Å². The molecule has 0 saturated heterocycles. The average molecular weight is 328 g/mol. The normalized spacial score (nSPS) is 16.2. The fourth-order valence-electron chi connectivity index (χ4n) is 2.78. The summed E-state index contributed by atoms with van der Waals surface area (Å²) in [7, 11) is 0. The van der Waals surface area contributed by atoms with Crippen molar-refractivity contribution in [3.63, 3.8) is 0 Å². The van der Waals surface area contributed by atoms with Crippen LogP contribution in [-0.4, -0.2) is 28.6 Å². The summed E-state index contributed by atoms with van der Waals surface area (Å²) in [5.41, 5.74) is 1.62. The summed E-state index contributed by atoms with van der Waals surface area (Å²) >= 11 is 0. The van der Waals surface area contributed by atoms with Gasteiger partial charge in [0.15, 0.2) is 0 Å². The van der Waals surface area contributed by atoms with Gasteiger partial charge >= 0.3 is 5.97 Å². The number of non-ortho nitro benzene ring substituents is 1. The molecule has 2 aromatic rings. The summed E-state index contributed by atoms with van der Waals surface area (Å²) in [5, 5.41) is 20.0. The summed E-state index contributed by atoms with van der Waals surface area (Å²) in [5.74, 6) is -0.473. The largest absolute Gasteiger partial charge is 0.486 e. The van der Waals surface area contributed by atoms with Crippen molar-refractivity contribution in [2.75, 3.05) is 11.4 Å². The highest BCUT2D eigenvalue weighted by atomic mass is 16.6. The van der Waals surface area contributed by atoms with Gasteiger partial charge in [-0.2, -0.15) is 0 Å². The van der Waals surface area contributed by atoms with E-state index in [2.05, 4.69) is 0 Å². The number of carbonyl (C=O) groups is 1. The first kappa shape index (κ1) is 15.8. The monoisotopic (exact) mass is 328 g/mol. The first-order valence-electron chi connectivity index (χ1n) is 7.48. The number of hydrogen-bond donors (Lipinski definition) is 1. The predicted octanol–water partition coefficient (Wildman–Crippen LogP) is 2.84. The van der Waals surface area contributed by atoms with Crippen molar-refractivity contribution in [2.24, 2.45) is 0 Å². The molecule has 3 rings (SSSR count). The molecule has 1 aliphatic rings. The number of anilines is 1. The van der Waals surface area contributed by atoms with E-state index in [1.54, 1.807) is 0 Å². The van der Waals surface area contributed by atoms with Crippen LogP contribution in [-0.2, 0) is 11.3 Å². The van der Waals surface area contributed by atoms with E-state index >= 15 is 0 Å². The zero-order valence-corrected chi connectivity index (χ0v) is 12.8. The lowest BCUT2D eigenvalue weighted by Crippen LogP contribution is -2.40. The van der Waals surface area contributed by atoms with Gasteiger partial charge in [-0.3, -0.25) is 14.9 Å². The van der Waals surface area contributed by atoms with Crippen LogP contribution in [0.5, 0.6) is 5.75 Å². The van der Waals surface area contributed by atoms with E-state index < -0.39 is 17.0 Å². The number of rotatable bonds is 5. The number of benzene rings is 2. The van der Waals surface area contributed by atoms with Crippen LogP contribution in [0.3, 0.4) is 0 Å². The molecule has 7 nitrogen and oxygen atoms in total. The van der Waals surface area contributed by atoms with Crippen molar-refractivity contribution in [1.29, 1.82) is 0 Å². The van der Waals surface area contributed by atoms with Crippen LogP contribution >= 0.6 is 0 Å². The maximum atomic E-state index is 11.0. The fraction of sp³-hybridized carbons (Fsp3) is 0.235. The summed E-state index contributed by atoms with van der Waals surface area (Å²) < 4.78 is 5.70. The van der Waals surface area contributed by atoms with Gasteiger partial charge in [-0.05, 0) is 11.6 Å². The molecule has 24 heavy (non-hydrogen) atoms. The molecule has 0 aliphatic carbocycles. The molecule has 0 aromatic heterocycles. The number of aliphatic carboxylic acids is 1. The van der Waals surface area contributed by atoms with E-state index in [0.717, 1.165) is 5.56 Å². The third kappa shape index (κ3) is 3.45. The minimum Gasteiger partial charge on any atom is -0.486 e. The predicted molar refractivity (Wildman–Crippen MR) is 87.3 cm³/mol. The Hall–Kier alpha value is -3.09. The number of nitrogens with zero attached hydrogens (tertiary/aromatic N) is 2. The number of ether oxygens (including phenoxy) is 1. The molecule has 0 spiro atoms. The Morgan fingerprint density at radius 2 is 2.04 bits per heavy atom. The first-order valence-corrected chi connectivity index (χ1v) is 7.48. The van der Waals surface area contributed by atoms with Gasteiger partial charge in [0.2, 0.25) is 0 Å². The second-order valence-electron chi connectivity index (χ2n) is 5.61. The summed E-state index contributed by atoms with van der Waals surface area (Å²) in [6.45, 7) is 0.879. The highest BCUT2D eigenvalue weighted by Gasteiger charge is 2.29. The number of hydrogen-bond acceptors (Lipinski definition) is 5. The van der Waals surface area contributed by atoms with Crippen LogP contribution in [0, 0.1) is 10.1 Å². The van der Waals surface area contributed by atoms with Gasteiger partial charge in [0.1, 0.15) is 11.9 Å². The molecule has 0 saturated carbocycles. The Morgan fingerprint density at radius 1 is 1.29 bits per heavy atom. The zero-order valence-electron chi connectivity index (χ0n) is 12.8. The van der Waals surface area contributed by atoms with Crippen molar-refractivity contribution < 1.29 is 19.6 Å². The summed E-state index contributed by atoms with van der Waals surface area (Å²) in [4.78, 5) is 23.5. The van der Waals surface area contributed by atoms with Gasteiger partial charge in [-0.1, -0.05) is 30.3 Å². The van der Waals surface area contributed by atoms with E-state index in [-0.39, 0.29) is 12.1 Å². The van der Waals surface area contributed by atoms with Crippen molar-refractivity contribution in [3.05, 3.63) is 64.2 Å². The highest BCUT2D eigenvalue weighted by molar-refractivity contribution is 5.69. The molecule has 0 radical (unpaired) electrons. The Morgan fingerprint density at radius 3 is 2.71 bits per heavy atom. The third-order valence-corrected chi connectivity index (χ3v) is 3.83. The second kappa shape index (κ2) is 6.57. The van der Waals surface area contributed by atoms with Gasteiger partial charge in [0.25, 0.3) is 5.69 Å². The van der Waals surface area contributed by atoms with E-state index in [1.165, 1.54) is 18.2 Å². The molecule has 1 unspecified atom stereocenters. The maximum absolute atomic E-state index is 11.0. The van der Waals surface area contributed by atoms with E-state index in [9.17, 15) is 14.9 Å². The quantitative estimate of drug-likeness (QED) is 0.670. The number of nitro groups is 1. The topological polar surface area (TPSA) is 92.9 Å². The standard InChI is InChI=1S/C17H16N2O5/c20-17(21)9-14-11-18(10-12-4-2-1-3-5-12)15-8-13(19(22)23)6-7-16(15)24-14/h1-8,14H,9-11H2,(H,20,21). The number of carboxylic acid groups (broad SMARTS) is 1. The molecular weight excluding hydrogens is 312 g/mol. The molecule has 1 atom stereocenters. The molecular formula is C17H16N2O5. The molecule has 1 heterocycles. The Bertz CT molecular complexity index is 763. The van der Waals surface area contributed by atoms with Gasteiger partial charge in [-0.15, -0.1) is 0 Å². The number of nitro benzene ring substituents is 1.